The zero-order valence-corrected chi connectivity index (χ0v) is 21.0. The topological polar surface area (TPSA) is 67.3 Å². The molecule has 0 atom stereocenters. The minimum Gasteiger partial charge on any atom is -0.465 e. The normalized spacial score (nSPS) is 17.1. The van der Waals surface area contributed by atoms with E-state index in [9.17, 15) is 4.79 Å². The summed E-state index contributed by atoms with van der Waals surface area (Å²) in [5.74, 6) is -0.117. The number of hydrogen-bond donors (Lipinski definition) is 0. The second kappa shape index (κ2) is 13.4. The molecule has 0 N–H and O–H groups in total. The predicted octanol–water partition coefficient (Wildman–Crippen LogP) is 3.81. The van der Waals surface area contributed by atoms with Gasteiger partial charge in [0.15, 0.2) is 0 Å². The number of carbonyl (C=O) groups excluding carboxylic acids is 1. The number of aliphatic imine (C=N–C) groups is 1. The third-order valence-corrected chi connectivity index (χ3v) is 6.47. The molecule has 2 aliphatic rings. The molecule has 0 amide bonds. The number of hydrogen-bond acceptors (Lipinski definition) is 7. The molecule has 2 saturated heterocycles. The highest BCUT2D eigenvalue weighted by Gasteiger charge is 2.16. The van der Waals surface area contributed by atoms with Crippen molar-refractivity contribution in [3.05, 3.63) is 58.9 Å². The Kier molecular flexibility index (Phi) is 9.66. The number of anilines is 1. The minimum atomic E-state index is -0.117. The van der Waals surface area contributed by atoms with Crippen LogP contribution in [-0.4, -0.2) is 74.6 Å². The SMILES string of the molecule is Cc1cccc(C=NCc2cc(N3CCOCC3)cc(CCCOC(=O)CN3CCCCC3)n2)c1. The van der Waals surface area contributed by atoms with E-state index in [2.05, 4.69) is 52.0 Å². The van der Waals surface area contributed by atoms with Crippen molar-refractivity contribution >= 4 is 17.9 Å². The second-order valence-electron chi connectivity index (χ2n) is 9.45. The summed E-state index contributed by atoms with van der Waals surface area (Å²) in [5, 5.41) is 0. The van der Waals surface area contributed by atoms with Crippen LogP contribution >= 0.6 is 0 Å². The zero-order chi connectivity index (χ0) is 24.3. The van der Waals surface area contributed by atoms with Gasteiger partial charge in [-0.2, -0.15) is 0 Å². The molecule has 7 heteroatoms. The van der Waals surface area contributed by atoms with Crippen molar-refractivity contribution < 1.29 is 14.3 Å². The molecule has 2 aliphatic heterocycles. The maximum absolute atomic E-state index is 12.2. The Morgan fingerprint density at radius 2 is 1.89 bits per heavy atom. The Morgan fingerprint density at radius 3 is 2.69 bits per heavy atom. The number of morpholine rings is 1. The Bertz CT molecular complexity index is 982. The van der Waals surface area contributed by atoms with Gasteiger partial charge in [-0.1, -0.05) is 36.2 Å². The number of rotatable bonds is 10. The average Bonchev–Trinajstić information content (AvgIpc) is 2.88. The Hall–Kier alpha value is -2.77. The maximum Gasteiger partial charge on any atom is 0.320 e. The van der Waals surface area contributed by atoms with Crippen molar-refractivity contribution in [3.8, 4) is 0 Å². The number of esters is 1. The van der Waals surface area contributed by atoms with E-state index in [1.165, 1.54) is 30.5 Å². The van der Waals surface area contributed by atoms with Crippen LogP contribution in [0.1, 0.15) is 48.2 Å². The van der Waals surface area contributed by atoms with Crippen LogP contribution in [0.15, 0.2) is 41.4 Å². The summed E-state index contributed by atoms with van der Waals surface area (Å²) in [7, 11) is 0. The van der Waals surface area contributed by atoms with Gasteiger partial charge in [0.1, 0.15) is 0 Å². The van der Waals surface area contributed by atoms with Gasteiger partial charge in [0.05, 0.1) is 38.6 Å². The first kappa shape index (κ1) is 25.3. The van der Waals surface area contributed by atoms with Gasteiger partial charge >= 0.3 is 5.97 Å². The molecule has 0 radical (unpaired) electrons. The summed E-state index contributed by atoms with van der Waals surface area (Å²) in [6.07, 6.45) is 7.06. The third-order valence-electron chi connectivity index (χ3n) is 6.47. The standard InChI is InChI=1S/C28H38N4O3/c1-23-7-5-8-24(17-23)20-29-21-26-19-27(32-12-15-34-16-13-32)18-25(30-26)9-6-14-35-28(33)22-31-10-3-2-4-11-31/h5,7-8,17-20H,2-4,6,9-16,21-22H2,1H3. The highest BCUT2D eigenvalue weighted by atomic mass is 16.5. The lowest BCUT2D eigenvalue weighted by Gasteiger charge is -2.29. The van der Waals surface area contributed by atoms with E-state index < -0.39 is 0 Å². The van der Waals surface area contributed by atoms with Crippen molar-refractivity contribution in [1.82, 2.24) is 9.88 Å². The van der Waals surface area contributed by atoms with E-state index >= 15 is 0 Å². The van der Waals surface area contributed by atoms with Gasteiger partial charge < -0.3 is 14.4 Å². The van der Waals surface area contributed by atoms with E-state index in [0.717, 1.165) is 69.2 Å². The number of benzene rings is 1. The molecule has 4 rings (SSSR count). The fraction of sp³-hybridized carbons (Fsp3) is 0.536. The number of aryl methyl sites for hydroxylation is 2. The fourth-order valence-corrected chi connectivity index (χ4v) is 4.63. The smallest absolute Gasteiger partial charge is 0.320 e. The molecule has 3 heterocycles. The first-order chi connectivity index (χ1) is 17.2. The molecule has 1 aromatic heterocycles. The number of pyridine rings is 1. The van der Waals surface area contributed by atoms with E-state index in [1.54, 1.807) is 0 Å². The maximum atomic E-state index is 12.2. The highest BCUT2D eigenvalue weighted by molar-refractivity contribution is 5.79. The molecule has 2 fully saturated rings. The second-order valence-corrected chi connectivity index (χ2v) is 9.45. The molecule has 0 unspecified atom stereocenters. The van der Waals surface area contributed by atoms with Crippen LogP contribution in [0, 0.1) is 6.92 Å². The number of nitrogens with zero attached hydrogens (tertiary/aromatic N) is 4. The largest absolute Gasteiger partial charge is 0.465 e. The lowest BCUT2D eigenvalue weighted by molar-refractivity contribution is -0.145. The summed E-state index contributed by atoms with van der Waals surface area (Å²) in [5.41, 5.74) is 5.46. The summed E-state index contributed by atoms with van der Waals surface area (Å²) in [6.45, 7) is 8.70. The monoisotopic (exact) mass is 478 g/mol. The van der Waals surface area contributed by atoms with Crippen LogP contribution in [0.25, 0.3) is 0 Å². The number of aromatic nitrogens is 1. The Balaban J connectivity index is 1.33. The summed E-state index contributed by atoms with van der Waals surface area (Å²) >= 11 is 0. The molecular formula is C28H38N4O3. The Morgan fingerprint density at radius 1 is 1.09 bits per heavy atom. The average molecular weight is 479 g/mol. The van der Waals surface area contributed by atoms with Crippen molar-refractivity contribution in [3.63, 3.8) is 0 Å². The number of ether oxygens (including phenoxy) is 2. The van der Waals surface area contributed by atoms with Crippen LogP contribution in [0.5, 0.6) is 0 Å². The summed E-state index contributed by atoms with van der Waals surface area (Å²) < 4.78 is 11.0. The van der Waals surface area contributed by atoms with Crippen LogP contribution in [0.2, 0.25) is 0 Å². The molecule has 0 bridgehead atoms. The lowest BCUT2D eigenvalue weighted by atomic mass is 10.1. The highest BCUT2D eigenvalue weighted by Crippen LogP contribution is 2.20. The van der Waals surface area contributed by atoms with Gasteiger partial charge in [-0.15, -0.1) is 0 Å². The number of piperidine rings is 1. The molecule has 0 aliphatic carbocycles. The van der Waals surface area contributed by atoms with Gasteiger partial charge in [0, 0.05) is 30.7 Å². The first-order valence-electron chi connectivity index (χ1n) is 12.9. The van der Waals surface area contributed by atoms with Gasteiger partial charge in [-0.25, -0.2) is 0 Å². The quantitative estimate of drug-likeness (QED) is 0.294. The molecule has 1 aromatic carbocycles. The predicted molar refractivity (Wildman–Crippen MR) is 139 cm³/mol. The van der Waals surface area contributed by atoms with E-state index in [-0.39, 0.29) is 5.97 Å². The summed E-state index contributed by atoms with van der Waals surface area (Å²) in [6, 6.07) is 12.6. The van der Waals surface area contributed by atoms with Crippen molar-refractivity contribution in [2.24, 2.45) is 4.99 Å². The third kappa shape index (κ3) is 8.44. The van der Waals surface area contributed by atoms with Gasteiger partial charge in [0.2, 0.25) is 0 Å². The van der Waals surface area contributed by atoms with E-state index in [1.807, 2.05) is 12.3 Å². The van der Waals surface area contributed by atoms with Crippen LogP contribution < -0.4 is 4.90 Å². The van der Waals surface area contributed by atoms with Crippen LogP contribution in [-0.2, 0) is 27.2 Å². The molecular weight excluding hydrogens is 440 g/mol. The van der Waals surface area contributed by atoms with Crippen molar-refractivity contribution in [2.75, 3.05) is 57.4 Å². The number of likely N-dealkylation sites (tertiary alicyclic amines) is 1. The van der Waals surface area contributed by atoms with Crippen LogP contribution in [0.3, 0.4) is 0 Å². The zero-order valence-electron chi connectivity index (χ0n) is 21.0. The first-order valence-corrected chi connectivity index (χ1v) is 12.9. The fourth-order valence-electron chi connectivity index (χ4n) is 4.63. The van der Waals surface area contributed by atoms with Crippen molar-refractivity contribution in [1.29, 1.82) is 0 Å². The molecule has 7 nitrogen and oxygen atoms in total. The molecule has 0 spiro atoms. The minimum absolute atomic E-state index is 0.117. The molecule has 0 saturated carbocycles. The molecule has 35 heavy (non-hydrogen) atoms. The summed E-state index contributed by atoms with van der Waals surface area (Å²) in [4.78, 5) is 26.2. The van der Waals surface area contributed by atoms with Gasteiger partial charge in [-0.3, -0.25) is 19.7 Å². The van der Waals surface area contributed by atoms with Crippen molar-refractivity contribution in [2.45, 2.75) is 45.6 Å². The lowest BCUT2D eigenvalue weighted by Crippen LogP contribution is -2.36. The van der Waals surface area contributed by atoms with E-state index in [0.29, 0.717) is 19.7 Å². The molecule has 2 aromatic rings. The van der Waals surface area contributed by atoms with E-state index in [4.69, 9.17) is 14.5 Å². The number of carbonyl (C=O) groups is 1. The van der Waals surface area contributed by atoms with Crippen LogP contribution in [0.4, 0.5) is 5.69 Å². The van der Waals surface area contributed by atoms with Gasteiger partial charge in [-0.05, 0) is 63.4 Å². The van der Waals surface area contributed by atoms with Gasteiger partial charge in [0.25, 0.3) is 0 Å². The Labute approximate surface area is 209 Å². The molecule has 188 valence electrons.